The number of amides is 1. The quantitative estimate of drug-likeness (QED) is 0.648. The van der Waals surface area contributed by atoms with Gasteiger partial charge in [0.2, 0.25) is 18.6 Å². The molecule has 3 aliphatic heterocycles. The molecule has 0 N–H and O–H groups in total. The molecular weight excluding hydrogens is 430 g/mol. The summed E-state index contributed by atoms with van der Waals surface area (Å²) in [6, 6.07) is 6.50. The second kappa shape index (κ2) is 9.25. The van der Waals surface area contributed by atoms with Gasteiger partial charge in [0.1, 0.15) is 0 Å². The van der Waals surface area contributed by atoms with Crippen molar-refractivity contribution in [3.8, 4) is 11.5 Å². The van der Waals surface area contributed by atoms with Crippen LogP contribution in [0.1, 0.15) is 36.1 Å². The van der Waals surface area contributed by atoms with Crippen molar-refractivity contribution in [1.82, 2.24) is 19.8 Å². The number of hydrogen-bond acceptors (Lipinski definition) is 7. The van der Waals surface area contributed by atoms with Gasteiger partial charge in [0, 0.05) is 64.0 Å². The highest BCUT2D eigenvalue weighted by molar-refractivity contribution is 5.92. The van der Waals surface area contributed by atoms with Gasteiger partial charge in [-0.1, -0.05) is 12.5 Å². The number of aromatic nitrogens is 2. The monoisotopic (exact) mass is 461 g/mol. The Morgan fingerprint density at radius 2 is 1.82 bits per heavy atom. The zero-order chi connectivity index (χ0) is 22.9. The topological polar surface area (TPSA) is 71.0 Å². The molecule has 34 heavy (non-hydrogen) atoms. The maximum Gasteiger partial charge on any atom is 0.246 e. The molecule has 8 heteroatoms. The molecule has 1 aliphatic carbocycles. The van der Waals surface area contributed by atoms with Gasteiger partial charge in [-0.05, 0) is 48.6 Å². The smallest absolute Gasteiger partial charge is 0.246 e. The Labute approximate surface area is 200 Å². The van der Waals surface area contributed by atoms with Gasteiger partial charge in [0.25, 0.3) is 0 Å². The van der Waals surface area contributed by atoms with E-state index in [1.165, 1.54) is 19.3 Å². The van der Waals surface area contributed by atoms with Crippen molar-refractivity contribution >= 4 is 17.9 Å². The molecular formula is C26H31N5O3. The molecule has 0 radical (unpaired) electrons. The molecule has 0 spiro atoms. The third-order valence-electron chi connectivity index (χ3n) is 7.53. The van der Waals surface area contributed by atoms with E-state index in [0.717, 1.165) is 79.3 Å². The minimum absolute atomic E-state index is 0.0192. The lowest BCUT2D eigenvalue weighted by Gasteiger charge is -2.43. The summed E-state index contributed by atoms with van der Waals surface area (Å²) in [4.78, 5) is 29.4. The van der Waals surface area contributed by atoms with E-state index in [0.29, 0.717) is 13.1 Å². The van der Waals surface area contributed by atoms with Gasteiger partial charge in [-0.3, -0.25) is 9.69 Å². The summed E-state index contributed by atoms with van der Waals surface area (Å²) in [5.74, 6) is 2.33. The lowest BCUT2D eigenvalue weighted by atomic mass is 9.91. The minimum Gasteiger partial charge on any atom is -0.454 e. The second-order valence-corrected chi connectivity index (χ2v) is 9.52. The number of rotatable bonds is 4. The van der Waals surface area contributed by atoms with Gasteiger partial charge in [-0.25, -0.2) is 9.97 Å². The molecule has 0 atom stereocenters. The SMILES string of the molecule is O=C(/C=C/c1ccc2c(c1)OCO2)N1CCc2cnc(N3CCN(C4CCC4)CC3)nc2CC1. The first-order chi connectivity index (χ1) is 16.7. The van der Waals surface area contributed by atoms with Crippen molar-refractivity contribution < 1.29 is 14.3 Å². The Hall–Kier alpha value is -3.13. The summed E-state index contributed by atoms with van der Waals surface area (Å²) in [6.45, 7) is 5.78. The fraction of sp³-hybridized carbons (Fsp3) is 0.500. The van der Waals surface area contributed by atoms with Crippen molar-refractivity contribution in [3.05, 3.63) is 47.3 Å². The van der Waals surface area contributed by atoms with Crippen LogP contribution in [0.2, 0.25) is 0 Å². The van der Waals surface area contributed by atoms with E-state index in [-0.39, 0.29) is 12.7 Å². The Bertz CT molecular complexity index is 1090. The van der Waals surface area contributed by atoms with Crippen LogP contribution in [0.5, 0.6) is 11.5 Å². The molecule has 4 aliphatic rings. The number of ether oxygens (including phenoxy) is 2. The number of hydrogen-bond donors (Lipinski definition) is 0. The van der Waals surface area contributed by atoms with E-state index in [4.69, 9.17) is 19.4 Å². The van der Waals surface area contributed by atoms with E-state index in [2.05, 4.69) is 9.80 Å². The third kappa shape index (κ3) is 4.34. The fourth-order valence-corrected chi connectivity index (χ4v) is 5.17. The molecule has 1 aromatic heterocycles. The maximum absolute atomic E-state index is 12.9. The standard InChI is InChI=1S/C26H31N5O3/c32-25(7-5-19-4-6-23-24(16-19)34-18-33-23)30-10-8-20-17-27-26(28-22(20)9-11-30)31-14-12-29(13-15-31)21-2-1-3-21/h4-7,16-17,21H,1-3,8-15,18H2/b7-5+. The van der Waals surface area contributed by atoms with Crippen LogP contribution in [0.15, 0.2) is 30.5 Å². The average Bonchev–Trinajstić information content (AvgIpc) is 3.20. The Morgan fingerprint density at radius 1 is 1.00 bits per heavy atom. The lowest BCUT2D eigenvalue weighted by Crippen LogP contribution is -2.52. The summed E-state index contributed by atoms with van der Waals surface area (Å²) in [6.07, 6.45) is 11.1. The predicted molar refractivity (Wildman–Crippen MR) is 129 cm³/mol. The first-order valence-electron chi connectivity index (χ1n) is 12.4. The molecule has 1 saturated heterocycles. The Morgan fingerprint density at radius 3 is 2.65 bits per heavy atom. The van der Waals surface area contributed by atoms with Gasteiger partial charge in [0.05, 0.1) is 5.69 Å². The Balaban J connectivity index is 1.07. The average molecular weight is 462 g/mol. The fourth-order valence-electron chi connectivity index (χ4n) is 5.17. The molecule has 2 fully saturated rings. The maximum atomic E-state index is 12.9. The summed E-state index contributed by atoms with van der Waals surface area (Å²) in [5.41, 5.74) is 3.16. The predicted octanol–water partition coefficient (Wildman–Crippen LogP) is 2.52. The highest BCUT2D eigenvalue weighted by atomic mass is 16.7. The molecule has 4 heterocycles. The number of carbonyl (C=O) groups is 1. The third-order valence-corrected chi connectivity index (χ3v) is 7.53. The molecule has 1 saturated carbocycles. The summed E-state index contributed by atoms with van der Waals surface area (Å²) in [7, 11) is 0. The first kappa shape index (κ1) is 21.4. The van der Waals surface area contributed by atoms with Crippen LogP contribution in [0.3, 0.4) is 0 Å². The number of nitrogens with zero attached hydrogens (tertiary/aromatic N) is 5. The van der Waals surface area contributed by atoms with Crippen LogP contribution in [0.4, 0.5) is 5.95 Å². The number of anilines is 1. The van der Waals surface area contributed by atoms with Crippen LogP contribution in [-0.2, 0) is 17.6 Å². The summed E-state index contributed by atoms with van der Waals surface area (Å²) in [5, 5.41) is 0. The van der Waals surface area contributed by atoms with Crippen LogP contribution in [0.25, 0.3) is 6.08 Å². The van der Waals surface area contributed by atoms with Crippen molar-refractivity contribution in [2.24, 2.45) is 0 Å². The first-order valence-corrected chi connectivity index (χ1v) is 12.4. The van der Waals surface area contributed by atoms with Gasteiger partial charge in [0.15, 0.2) is 11.5 Å². The van der Waals surface area contributed by atoms with Gasteiger partial charge in [-0.15, -0.1) is 0 Å². The Kier molecular flexibility index (Phi) is 5.83. The van der Waals surface area contributed by atoms with Gasteiger partial charge in [-0.2, -0.15) is 0 Å². The van der Waals surface area contributed by atoms with Crippen LogP contribution in [-0.4, -0.2) is 77.8 Å². The number of fused-ring (bicyclic) bond motifs is 2. The molecule has 6 rings (SSSR count). The van der Waals surface area contributed by atoms with E-state index < -0.39 is 0 Å². The molecule has 8 nitrogen and oxygen atoms in total. The van der Waals surface area contributed by atoms with Crippen LogP contribution >= 0.6 is 0 Å². The zero-order valence-corrected chi connectivity index (χ0v) is 19.5. The van der Waals surface area contributed by atoms with Crippen LogP contribution < -0.4 is 14.4 Å². The zero-order valence-electron chi connectivity index (χ0n) is 19.5. The van der Waals surface area contributed by atoms with Crippen molar-refractivity contribution in [2.45, 2.75) is 38.1 Å². The minimum atomic E-state index is 0.0192. The largest absolute Gasteiger partial charge is 0.454 e. The highest BCUT2D eigenvalue weighted by Crippen LogP contribution is 2.33. The molecule has 0 bridgehead atoms. The van der Waals surface area contributed by atoms with Gasteiger partial charge < -0.3 is 19.3 Å². The van der Waals surface area contributed by atoms with E-state index >= 15 is 0 Å². The summed E-state index contributed by atoms with van der Waals surface area (Å²) < 4.78 is 10.8. The molecule has 178 valence electrons. The van der Waals surface area contributed by atoms with E-state index in [1.807, 2.05) is 35.4 Å². The molecule has 0 unspecified atom stereocenters. The molecule has 1 amide bonds. The van der Waals surface area contributed by atoms with E-state index in [9.17, 15) is 4.79 Å². The van der Waals surface area contributed by atoms with Crippen molar-refractivity contribution in [1.29, 1.82) is 0 Å². The number of carbonyl (C=O) groups excluding carboxylic acids is 1. The van der Waals surface area contributed by atoms with Crippen molar-refractivity contribution in [2.75, 3.05) is 51.0 Å². The molecule has 2 aromatic rings. The van der Waals surface area contributed by atoms with Crippen molar-refractivity contribution in [3.63, 3.8) is 0 Å². The second-order valence-electron chi connectivity index (χ2n) is 9.52. The molecule has 1 aromatic carbocycles. The highest BCUT2D eigenvalue weighted by Gasteiger charge is 2.29. The summed E-state index contributed by atoms with van der Waals surface area (Å²) >= 11 is 0. The van der Waals surface area contributed by atoms with Gasteiger partial charge >= 0.3 is 0 Å². The lowest BCUT2D eigenvalue weighted by molar-refractivity contribution is -0.125. The number of piperazine rings is 1. The van der Waals surface area contributed by atoms with E-state index in [1.54, 1.807) is 6.08 Å². The van der Waals surface area contributed by atoms with Crippen LogP contribution in [0, 0.1) is 0 Å². The number of benzene rings is 1. The normalized spacial score (nSPS) is 20.8.